The monoisotopic (exact) mass is 492 g/mol. The molecule has 1 amide bonds. The average molecular weight is 493 g/mol. The number of aromatic nitrogens is 3. The Balaban J connectivity index is 1.47. The number of rotatable bonds is 7. The highest BCUT2D eigenvalue weighted by Crippen LogP contribution is 2.37. The van der Waals surface area contributed by atoms with Gasteiger partial charge in [-0.05, 0) is 57.1 Å². The number of aryl methyl sites for hydroxylation is 1. The van der Waals surface area contributed by atoms with Crippen molar-refractivity contribution in [2.75, 3.05) is 45.2 Å². The third kappa shape index (κ3) is 4.91. The predicted octanol–water partition coefficient (Wildman–Crippen LogP) is 2.14. The molecule has 0 saturated carbocycles. The Bertz CT molecular complexity index is 1330. The molecule has 190 valence electrons. The van der Waals surface area contributed by atoms with Crippen LogP contribution in [0.1, 0.15) is 35.3 Å². The first-order chi connectivity index (χ1) is 17.5. The van der Waals surface area contributed by atoms with Crippen LogP contribution in [0, 0.1) is 6.92 Å². The molecule has 36 heavy (non-hydrogen) atoms. The van der Waals surface area contributed by atoms with Gasteiger partial charge in [-0.25, -0.2) is 4.98 Å². The van der Waals surface area contributed by atoms with E-state index in [9.17, 15) is 9.90 Å². The van der Waals surface area contributed by atoms with Gasteiger partial charge in [0, 0.05) is 31.2 Å². The Labute approximate surface area is 209 Å². The Morgan fingerprint density at radius 3 is 2.83 bits per heavy atom. The minimum atomic E-state index is -0.611. The number of carbonyl (C=O) groups excluding carboxylic acids is 1. The lowest BCUT2D eigenvalue weighted by Crippen LogP contribution is -2.38. The van der Waals surface area contributed by atoms with Gasteiger partial charge in [-0.3, -0.25) is 14.3 Å². The molecule has 1 aromatic carbocycles. The maximum Gasteiger partial charge on any atom is 0.282 e. The van der Waals surface area contributed by atoms with Crippen molar-refractivity contribution in [3.05, 3.63) is 47.3 Å². The summed E-state index contributed by atoms with van der Waals surface area (Å²) in [6.07, 6.45) is 4.63. The van der Waals surface area contributed by atoms with E-state index < -0.39 is 12.0 Å². The van der Waals surface area contributed by atoms with E-state index >= 15 is 0 Å². The van der Waals surface area contributed by atoms with E-state index in [1.54, 1.807) is 32.4 Å². The van der Waals surface area contributed by atoms with E-state index in [-0.39, 0.29) is 12.2 Å². The number of hydrogen-bond donors (Lipinski definition) is 2. The zero-order valence-electron chi connectivity index (χ0n) is 20.7. The molecule has 2 aliphatic rings. The fourth-order valence-electron chi connectivity index (χ4n) is 4.89. The van der Waals surface area contributed by atoms with Crippen LogP contribution in [0.4, 0.5) is 5.82 Å². The third-order valence-corrected chi connectivity index (χ3v) is 6.69. The number of amides is 1. The number of aliphatic hydroxyl groups excluding tert-OH is 1. The molecule has 10 heteroatoms. The first-order valence-electron chi connectivity index (χ1n) is 12.4. The Hall–Kier alpha value is -3.50. The van der Waals surface area contributed by atoms with Crippen LogP contribution in [0.15, 0.2) is 35.5 Å². The van der Waals surface area contributed by atoms with Crippen molar-refractivity contribution in [3.8, 4) is 11.5 Å². The van der Waals surface area contributed by atoms with Crippen LogP contribution in [0.3, 0.4) is 0 Å². The van der Waals surface area contributed by atoms with Crippen LogP contribution in [-0.2, 0) is 6.54 Å². The smallest absolute Gasteiger partial charge is 0.282 e. The molecule has 2 aromatic heterocycles. The zero-order valence-corrected chi connectivity index (χ0v) is 20.7. The van der Waals surface area contributed by atoms with Gasteiger partial charge in [0.25, 0.3) is 5.91 Å². The number of likely N-dealkylation sites (tertiary alicyclic amines) is 1. The fourth-order valence-corrected chi connectivity index (χ4v) is 4.89. The molecule has 1 atom stereocenters. The summed E-state index contributed by atoms with van der Waals surface area (Å²) in [5, 5.41) is 14.8. The molecule has 0 bridgehead atoms. The van der Waals surface area contributed by atoms with Gasteiger partial charge in [-0.1, -0.05) is 6.42 Å². The summed E-state index contributed by atoms with van der Waals surface area (Å²) in [5.41, 5.74) is 1.88. The van der Waals surface area contributed by atoms with Gasteiger partial charge < -0.3 is 24.8 Å². The Morgan fingerprint density at radius 2 is 2.06 bits per heavy atom. The lowest BCUT2D eigenvalue weighted by atomic mass is 10.1. The van der Waals surface area contributed by atoms with Crippen molar-refractivity contribution in [1.29, 1.82) is 0 Å². The number of nitrogens with one attached hydrogen (secondary N) is 1. The van der Waals surface area contributed by atoms with Crippen LogP contribution in [0.5, 0.6) is 11.5 Å². The number of β-amino-alcohol motifs (C(OH)–C–C–N with tert-alkyl or cyclic N) is 1. The molecule has 4 heterocycles. The summed E-state index contributed by atoms with van der Waals surface area (Å²) < 4.78 is 13.6. The quantitative estimate of drug-likeness (QED) is 0.516. The van der Waals surface area contributed by atoms with Crippen LogP contribution >= 0.6 is 0 Å². The molecule has 3 aromatic rings. The van der Waals surface area contributed by atoms with Crippen LogP contribution in [0.25, 0.3) is 10.9 Å². The van der Waals surface area contributed by atoms with Gasteiger partial charge in [0.2, 0.25) is 5.62 Å². The highest BCUT2D eigenvalue weighted by atomic mass is 16.5. The van der Waals surface area contributed by atoms with Crippen molar-refractivity contribution < 1.29 is 19.4 Å². The molecule has 5 rings (SSSR count). The molecular weight excluding hydrogens is 460 g/mol. The molecule has 10 nitrogen and oxygen atoms in total. The van der Waals surface area contributed by atoms with E-state index in [1.165, 1.54) is 19.3 Å². The number of piperidine rings is 1. The Morgan fingerprint density at radius 1 is 1.22 bits per heavy atom. The number of carbonyl (C=O) groups is 1. The summed E-state index contributed by atoms with van der Waals surface area (Å²) >= 11 is 0. The summed E-state index contributed by atoms with van der Waals surface area (Å²) in [7, 11) is 1.56. The summed E-state index contributed by atoms with van der Waals surface area (Å²) in [6, 6.07) is 7.17. The molecule has 2 aliphatic heterocycles. The van der Waals surface area contributed by atoms with E-state index in [4.69, 9.17) is 14.5 Å². The minimum Gasteiger partial charge on any atom is -0.491 e. The van der Waals surface area contributed by atoms with Crippen molar-refractivity contribution in [1.82, 2.24) is 19.4 Å². The van der Waals surface area contributed by atoms with Gasteiger partial charge in [-0.2, -0.15) is 4.99 Å². The molecule has 2 N–H and O–H groups in total. The third-order valence-electron chi connectivity index (χ3n) is 6.69. The second kappa shape index (κ2) is 10.6. The van der Waals surface area contributed by atoms with Gasteiger partial charge in [0.05, 0.1) is 18.4 Å². The maximum atomic E-state index is 13.0. The summed E-state index contributed by atoms with van der Waals surface area (Å²) in [5.74, 6) is 1.35. The largest absolute Gasteiger partial charge is 0.491 e. The number of fused-ring (bicyclic) bond motifs is 3. The molecule has 0 unspecified atom stereocenters. The van der Waals surface area contributed by atoms with E-state index in [0.717, 1.165) is 24.3 Å². The SMILES string of the molecule is COc1c(OC[C@H](O)CN2CCCCC2)ccc2c3n(c(=NC(=O)c4cccnc4C)nc12)CCN3. The van der Waals surface area contributed by atoms with Crippen molar-refractivity contribution in [2.45, 2.75) is 38.8 Å². The average Bonchev–Trinajstić information content (AvgIpc) is 3.38. The number of anilines is 1. The van der Waals surface area contributed by atoms with E-state index in [2.05, 4.69) is 20.2 Å². The minimum absolute atomic E-state index is 0.145. The lowest BCUT2D eigenvalue weighted by Gasteiger charge is -2.28. The highest BCUT2D eigenvalue weighted by Gasteiger charge is 2.22. The molecular formula is C26H32N6O4. The number of nitrogens with zero attached hydrogens (tertiary/aromatic N) is 5. The first-order valence-corrected chi connectivity index (χ1v) is 12.4. The number of hydrogen-bond acceptors (Lipinski definition) is 8. The van der Waals surface area contributed by atoms with Gasteiger partial charge in [0.15, 0.2) is 11.5 Å². The van der Waals surface area contributed by atoms with Gasteiger partial charge in [-0.15, -0.1) is 0 Å². The normalized spacial score (nSPS) is 17.0. The maximum absolute atomic E-state index is 13.0. The summed E-state index contributed by atoms with van der Waals surface area (Å²) in [4.78, 5) is 28.5. The molecule has 0 spiro atoms. The Kier molecular flexibility index (Phi) is 7.15. The molecule has 0 radical (unpaired) electrons. The second-order valence-corrected chi connectivity index (χ2v) is 9.21. The number of ether oxygens (including phenoxy) is 2. The summed E-state index contributed by atoms with van der Waals surface area (Å²) in [6.45, 7) is 5.88. The lowest BCUT2D eigenvalue weighted by molar-refractivity contribution is 0.0609. The number of benzene rings is 1. The van der Waals surface area contributed by atoms with Crippen LogP contribution in [0.2, 0.25) is 0 Å². The number of aliphatic hydroxyl groups is 1. The second-order valence-electron chi connectivity index (χ2n) is 9.21. The predicted molar refractivity (Wildman–Crippen MR) is 135 cm³/mol. The highest BCUT2D eigenvalue weighted by molar-refractivity contribution is 5.97. The fraction of sp³-hybridized carbons (Fsp3) is 0.462. The van der Waals surface area contributed by atoms with E-state index in [0.29, 0.717) is 47.9 Å². The molecule has 0 aliphatic carbocycles. The standard InChI is InChI=1S/C26H32N6O4/c1-17-19(7-6-10-27-17)25(34)30-26-29-22-20(24-28-11-14-32(24)26)8-9-21(23(22)35-2)36-16-18(33)15-31-12-4-3-5-13-31/h6-10,18,28,33H,3-5,11-16H2,1-2H3/t18-/m1/s1. The number of pyridine rings is 1. The van der Waals surface area contributed by atoms with E-state index in [1.807, 2.05) is 16.7 Å². The van der Waals surface area contributed by atoms with Gasteiger partial charge in [0.1, 0.15) is 24.0 Å². The van der Waals surface area contributed by atoms with Crippen LogP contribution < -0.4 is 20.4 Å². The topological polar surface area (TPSA) is 114 Å². The van der Waals surface area contributed by atoms with Crippen molar-refractivity contribution in [2.24, 2.45) is 4.99 Å². The first kappa shape index (κ1) is 24.2. The zero-order chi connectivity index (χ0) is 25.1. The van der Waals surface area contributed by atoms with Crippen molar-refractivity contribution >= 4 is 22.6 Å². The number of methoxy groups -OCH3 is 1. The molecule has 1 fully saturated rings. The van der Waals surface area contributed by atoms with Crippen LogP contribution in [-0.4, -0.2) is 76.4 Å². The van der Waals surface area contributed by atoms with Gasteiger partial charge >= 0.3 is 0 Å². The van der Waals surface area contributed by atoms with Crippen molar-refractivity contribution in [3.63, 3.8) is 0 Å². The molecule has 1 saturated heterocycles.